The first kappa shape index (κ1) is 18.5. The van der Waals surface area contributed by atoms with Gasteiger partial charge >= 0.3 is 0 Å². The summed E-state index contributed by atoms with van der Waals surface area (Å²) in [7, 11) is 0. The number of nitrogens with one attached hydrogen (secondary N) is 1. The Balaban J connectivity index is 1.50. The third-order valence-electron chi connectivity index (χ3n) is 4.92. The van der Waals surface area contributed by atoms with Gasteiger partial charge in [-0.25, -0.2) is 19.3 Å². The van der Waals surface area contributed by atoms with Gasteiger partial charge in [0.1, 0.15) is 17.5 Å². The van der Waals surface area contributed by atoms with Gasteiger partial charge in [0.2, 0.25) is 5.91 Å². The fourth-order valence-electron chi connectivity index (χ4n) is 3.30. The Bertz CT molecular complexity index is 994. The molecule has 6 nitrogen and oxygen atoms in total. The highest BCUT2D eigenvalue weighted by atomic mass is 32.1. The maximum atomic E-state index is 13.0. The van der Waals surface area contributed by atoms with E-state index in [4.69, 9.17) is 4.74 Å². The Morgan fingerprint density at radius 3 is 2.86 bits per heavy atom. The second-order valence-electron chi connectivity index (χ2n) is 6.90. The van der Waals surface area contributed by atoms with Gasteiger partial charge in [0.25, 0.3) is 0 Å². The molecule has 4 rings (SSSR count). The summed E-state index contributed by atoms with van der Waals surface area (Å²) in [5, 5.41) is 4.76. The molecule has 1 saturated carbocycles. The molecule has 1 amide bonds. The Morgan fingerprint density at radius 2 is 2.18 bits per heavy atom. The molecule has 1 N–H and O–H groups in total. The smallest absolute Gasteiger partial charge is 0.229 e. The largest absolute Gasteiger partial charge is 0.489 e. The zero-order valence-corrected chi connectivity index (χ0v) is 16.3. The molecule has 2 atom stereocenters. The number of halogens is 1. The van der Waals surface area contributed by atoms with E-state index in [1.807, 2.05) is 31.4 Å². The fourth-order valence-corrected chi connectivity index (χ4v) is 4.28. The van der Waals surface area contributed by atoms with Crippen LogP contribution in [0.4, 0.5) is 10.2 Å². The van der Waals surface area contributed by atoms with Crippen molar-refractivity contribution in [1.29, 1.82) is 0 Å². The minimum absolute atomic E-state index is 0.145. The third kappa shape index (κ3) is 3.60. The molecule has 3 heterocycles. The Kier molecular flexibility index (Phi) is 4.80. The summed E-state index contributed by atoms with van der Waals surface area (Å²) in [6, 6.07) is 6.71. The van der Waals surface area contributed by atoms with Crippen LogP contribution in [0.5, 0.6) is 5.75 Å². The molecule has 0 bridgehead atoms. The molecule has 1 fully saturated rings. The number of pyridine rings is 1. The van der Waals surface area contributed by atoms with Crippen molar-refractivity contribution >= 4 is 23.1 Å². The summed E-state index contributed by atoms with van der Waals surface area (Å²) in [5.74, 6) is 0.808. The predicted octanol–water partition coefficient (Wildman–Crippen LogP) is 3.66. The van der Waals surface area contributed by atoms with Gasteiger partial charge in [-0.3, -0.25) is 4.79 Å². The molecule has 0 unspecified atom stereocenters. The van der Waals surface area contributed by atoms with Gasteiger partial charge in [-0.15, -0.1) is 11.3 Å². The molecule has 0 spiro atoms. The van der Waals surface area contributed by atoms with Crippen LogP contribution >= 0.6 is 11.3 Å². The summed E-state index contributed by atoms with van der Waals surface area (Å²) in [4.78, 5) is 26.3. The Hall–Kier alpha value is -2.87. The van der Waals surface area contributed by atoms with Crippen LogP contribution in [-0.4, -0.2) is 27.5 Å². The molecule has 0 radical (unpaired) electrons. The lowest BCUT2D eigenvalue weighted by Gasteiger charge is -2.18. The highest BCUT2D eigenvalue weighted by molar-refractivity contribution is 7.10. The first-order valence-corrected chi connectivity index (χ1v) is 9.75. The van der Waals surface area contributed by atoms with Crippen molar-refractivity contribution in [2.45, 2.75) is 25.7 Å². The van der Waals surface area contributed by atoms with Crippen molar-refractivity contribution < 1.29 is 13.9 Å². The number of hydrogen-bond donors (Lipinski definition) is 1. The SMILES string of the molecule is Cc1ncc(OC[C@@]2(c3cccs3)C[C@H]2C(=O)Nc2ccc(F)cn2)c(C)n1. The van der Waals surface area contributed by atoms with Crippen LogP contribution in [0.15, 0.2) is 42.0 Å². The molecule has 0 saturated heterocycles. The normalized spacial score (nSPS) is 20.6. The molecular weight excluding hydrogens is 379 g/mol. The van der Waals surface area contributed by atoms with Gasteiger partial charge in [-0.05, 0) is 43.8 Å². The summed E-state index contributed by atoms with van der Waals surface area (Å²) < 4.78 is 19.0. The molecule has 28 heavy (non-hydrogen) atoms. The number of aryl methyl sites for hydroxylation is 2. The van der Waals surface area contributed by atoms with Crippen LogP contribution < -0.4 is 10.1 Å². The standard InChI is InChI=1S/C20H19FN4O2S/c1-12-16(10-22-13(2)24-12)27-11-20(17-4-3-7-28-17)8-15(20)19(26)25-18-6-5-14(21)9-23-18/h3-7,9-10,15H,8,11H2,1-2H3,(H,23,25,26)/t15-,20-/m0/s1. The molecule has 144 valence electrons. The average molecular weight is 398 g/mol. The summed E-state index contributed by atoms with van der Waals surface area (Å²) in [6.07, 6.45) is 3.42. The van der Waals surface area contributed by atoms with Crippen LogP contribution in [0, 0.1) is 25.6 Å². The van der Waals surface area contributed by atoms with Crippen molar-refractivity contribution in [3.63, 3.8) is 0 Å². The van der Waals surface area contributed by atoms with E-state index >= 15 is 0 Å². The van der Waals surface area contributed by atoms with E-state index in [2.05, 4.69) is 20.3 Å². The molecule has 1 aliphatic carbocycles. The van der Waals surface area contributed by atoms with Gasteiger partial charge in [0, 0.05) is 4.88 Å². The number of nitrogens with zero attached hydrogens (tertiary/aromatic N) is 3. The zero-order valence-electron chi connectivity index (χ0n) is 15.5. The fraction of sp³-hybridized carbons (Fsp3) is 0.300. The van der Waals surface area contributed by atoms with E-state index in [0.717, 1.165) is 16.8 Å². The summed E-state index contributed by atoms with van der Waals surface area (Å²) in [5.41, 5.74) is 0.376. The molecule has 3 aromatic heterocycles. The van der Waals surface area contributed by atoms with E-state index in [9.17, 15) is 9.18 Å². The van der Waals surface area contributed by atoms with Crippen LogP contribution in [0.1, 0.15) is 22.8 Å². The van der Waals surface area contributed by atoms with Crippen molar-refractivity contribution in [3.8, 4) is 5.75 Å². The van der Waals surface area contributed by atoms with Crippen LogP contribution in [0.2, 0.25) is 0 Å². The molecule has 0 aromatic carbocycles. The van der Waals surface area contributed by atoms with Gasteiger partial charge in [0.15, 0.2) is 5.75 Å². The number of carbonyl (C=O) groups is 1. The number of rotatable bonds is 6. The summed E-state index contributed by atoms with van der Waals surface area (Å²) >= 11 is 1.61. The first-order valence-electron chi connectivity index (χ1n) is 8.87. The number of carbonyl (C=O) groups excluding carboxylic acids is 1. The van der Waals surface area contributed by atoms with Crippen LogP contribution in [-0.2, 0) is 10.2 Å². The lowest BCUT2D eigenvalue weighted by molar-refractivity contribution is -0.117. The third-order valence-corrected chi connectivity index (χ3v) is 6.01. The molecule has 0 aliphatic heterocycles. The van der Waals surface area contributed by atoms with E-state index in [0.29, 0.717) is 30.4 Å². The number of ether oxygens (including phenoxy) is 1. The quantitative estimate of drug-likeness (QED) is 0.686. The van der Waals surface area contributed by atoms with Crippen molar-refractivity contribution in [2.24, 2.45) is 5.92 Å². The molecule has 3 aromatic rings. The number of hydrogen-bond acceptors (Lipinski definition) is 6. The minimum atomic E-state index is -0.443. The maximum Gasteiger partial charge on any atom is 0.229 e. The number of aromatic nitrogens is 3. The lowest BCUT2D eigenvalue weighted by Crippen LogP contribution is -2.26. The number of thiophene rings is 1. The van der Waals surface area contributed by atoms with Crippen molar-refractivity contribution in [1.82, 2.24) is 15.0 Å². The maximum absolute atomic E-state index is 13.0. The topological polar surface area (TPSA) is 77.0 Å². The van der Waals surface area contributed by atoms with Crippen LogP contribution in [0.25, 0.3) is 0 Å². The van der Waals surface area contributed by atoms with E-state index in [1.165, 1.54) is 12.1 Å². The van der Waals surface area contributed by atoms with E-state index in [1.54, 1.807) is 17.5 Å². The van der Waals surface area contributed by atoms with E-state index < -0.39 is 11.2 Å². The summed E-state index contributed by atoms with van der Waals surface area (Å²) in [6.45, 7) is 4.06. The van der Waals surface area contributed by atoms with Gasteiger partial charge in [-0.2, -0.15) is 0 Å². The number of amides is 1. The second-order valence-corrected chi connectivity index (χ2v) is 7.84. The van der Waals surface area contributed by atoms with Gasteiger partial charge in [0.05, 0.1) is 36.0 Å². The van der Waals surface area contributed by atoms with Crippen LogP contribution in [0.3, 0.4) is 0 Å². The number of anilines is 1. The van der Waals surface area contributed by atoms with Gasteiger partial charge < -0.3 is 10.1 Å². The molecular formula is C20H19FN4O2S. The van der Waals surface area contributed by atoms with Gasteiger partial charge in [-0.1, -0.05) is 6.07 Å². The minimum Gasteiger partial charge on any atom is -0.489 e. The highest BCUT2D eigenvalue weighted by Crippen LogP contribution is 2.56. The monoisotopic (exact) mass is 398 g/mol. The Labute approximate surface area is 165 Å². The molecule has 8 heteroatoms. The predicted molar refractivity (Wildman–Crippen MR) is 104 cm³/mol. The second kappa shape index (κ2) is 7.27. The zero-order chi connectivity index (χ0) is 19.7. The first-order chi connectivity index (χ1) is 13.5. The van der Waals surface area contributed by atoms with E-state index in [-0.39, 0.29) is 11.8 Å². The Morgan fingerprint density at radius 1 is 1.32 bits per heavy atom. The molecule has 1 aliphatic rings. The average Bonchev–Trinajstić information content (AvgIpc) is 3.14. The lowest BCUT2D eigenvalue weighted by atomic mass is 10.0. The van der Waals surface area contributed by atoms with Crippen molar-refractivity contribution in [2.75, 3.05) is 11.9 Å². The van der Waals surface area contributed by atoms with Crippen molar-refractivity contribution in [3.05, 3.63) is 64.3 Å². The highest BCUT2D eigenvalue weighted by Gasteiger charge is 2.60.